The van der Waals surface area contributed by atoms with Gasteiger partial charge in [0.1, 0.15) is 0 Å². The van der Waals surface area contributed by atoms with Crippen molar-refractivity contribution in [3.05, 3.63) is 32.8 Å². The van der Waals surface area contributed by atoms with Gasteiger partial charge in [-0.25, -0.2) is 21.9 Å². The molecule has 0 bridgehead atoms. The van der Waals surface area contributed by atoms with Gasteiger partial charge >= 0.3 is 0 Å². The normalized spacial score (nSPS) is 12.4. The fraction of sp³-hybridized carbons (Fsp3) is 0.333. The number of sulfonamides is 1. The van der Waals surface area contributed by atoms with Crippen LogP contribution in [0.3, 0.4) is 0 Å². The predicted octanol–water partition coefficient (Wildman–Crippen LogP) is 1.23. The molecule has 1 rings (SSSR count). The lowest BCUT2D eigenvalue weighted by Crippen LogP contribution is -2.41. The van der Waals surface area contributed by atoms with Crippen molar-refractivity contribution in [2.75, 3.05) is 13.1 Å². The maximum atomic E-state index is 12.9. The summed E-state index contributed by atoms with van der Waals surface area (Å²) in [6, 6.07) is 2.87. The van der Waals surface area contributed by atoms with Crippen LogP contribution >= 0.6 is 15.9 Å². The van der Waals surface area contributed by atoms with Gasteiger partial charge in [0.05, 0.1) is 27.4 Å². The van der Waals surface area contributed by atoms with Crippen LogP contribution in [0, 0.1) is 10.1 Å². The van der Waals surface area contributed by atoms with Gasteiger partial charge in [0.2, 0.25) is 10.0 Å². The van der Waals surface area contributed by atoms with Crippen molar-refractivity contribution in [2.24, 2.45) is 5.73 Å². The second kappa shape index (κ2) is 6.08. The first-order chi connectivity index (χ1) is 9.09. The molecule has 0 heterocycles. The number of benzene rings is 1. The first-order valence-corrected chi connectivity index (χ1v) is 7.38. The van der Waals surface area contributed by atoms with Gasteiger partial charge in [0, 0.05) is 6.07 Å². The number of nitro benzene ring substituents is 1. The molecule has 0 atom stereocenters. The highest BCUT2D eigenvalue weighted by atomic mass is 79.9. The second-order valence-corrected chi connectivity index (χ2v) is 6.38. The molecule has 0 fully saturated rings. The van der Waals surface area contributed by atoms with Gasteiger partial charge in [-0.15, -0.1) is 0 Å². The Morgan fingerprint density at radius 3 is 2.50 bits per heavy atom. The fourth-order valence-electron chi connectivity index (χ4n) is 1.16. The zero-order valence-electron chi connectivity index (χ0n) is 9.85. The van der Waals surface area contributed by atoms with Crippen LogP contribution in [0.4, 0.5) is 14.5 Å². The van der Waals surface area contributed by atoms with E-state index in [0.29, 0.717) is 0 Å². The fourth-order valence-corrected chi connectivity index (χ4v) is 2.92. The van der Waals surface area contributed by atoms with E-state index in [4.69, 9.17) is 5.73 Å². The minimum atomic E-state index is -4.21. The predicted molar refractivity (Wildman–Crippen MR) is 70.0 cm³/mol. The van der Waals surface area contributed by atoms with Crippen LogP contribution in [0.2, 0.25) is 0 Å². The van der Waals surface area contributed by atoms with Crippen LogP contribution in [0.25, 0.3) is 0 Å². The van der Waals surface area contributed by atoms with Crippen LogP contribution in [0.1, 0.15) is 0 Å². The van der Waals surface area contributed by atoms with E-state index in [1.807, 2.05) is 0 Å². The number of nitrogens with one attached hydrogen (secondary N) is 1. The van der Waals surface area contributed by atoms with Crippen molar-refractivity contribution in [3.63, 3.8) is 0 Å². The minimum Gasteiger partial charge on any atom is -0.325 e. The van der Waals surface area contributed by atoms with Crippen LogP contribution in [-0.4, -0.2) is 32.4 Å². The van der Waals surface area contributed by atoms with Gasteiger partial charge in [0.25, 0.3) is 11.6 Å². The molecule has 0 saturated heterocycles. The van der Waals surface area contributed by atoms with Gasteiger partial charge in [0.15, 0.2) is 0 Å². The standard InChI is InChI=1S/C9H10BrF2N3O4S/c10-7-3-6(1-2-8(7)15(16)17)20(18,19)14-5-9(11,12)4-13/h1-3,14H,4-5,13H2. The summed E-state index contributed by atoms with van der Waals surface area (Å²) < 4.78 is 50.9. The van der Waals surface area contributed by atoms with E-state index in [1.165, 1.54) is 0 Å². The number of hydrogen-bond donors (Lipinski definition) is 2. The van der Waals surface area contributed by atoms with Crippen molar-refractivity contribution in [2.45, 2.75) is 10.8 Å². The summed E-state index contributed by atoms with van der Waals surface area (Å²) in [5, 5.41) is 10.6. The van der Waals surface area contributed by atoms with Crippen molar-refractivity contribution >= 4 is 31.6 Å². The number of nitro groups is 1. The van der Waals surface area contributed by atoms with Gasteiger partial charge in [-0.05, 0) is 28.1 Å². The molecule has 0 aliphatic rings. The number of nitrogens with zero attached hydrogens (tertiary/aromatic N) is 1. The molecule has 20 heavy (non-hydrogen) atoms. The lowest BCUT2D eigenvalue weighted by atomic mass is 10.3. The smallest absolute Gasteiger partial charge is 0.283 e. The van der Waals surface area contributed by atoms with E-state index in [1.54, 1.807) is 4.72 Å². The van der Waals surface area contributed by atoms with E-state index in [9.17, 15) is 27.3 Å². The highest BCUT2D eigenvalue weighted by Gasteiger charge is 2.29. The van der Waals surface area contributed by atoms with Gasteiger partial charge in [-0.1, -0.05) is 0 Å². The third kappa shape index (κ3) is 4.16. The first-order valence-electron chi connectivity index (χ1n) is 5.10. The van der Waals surface area contributed by atoms with Gasteiger partial charge in [-0.3, -0.25) is 10.1 Å². The summed E-state index contributed by atoms with van der Waals surface area (Å²) in [5.41, 5.74) is 4.45. The average molecular weight is 374 g/mol. The van der Waals surface area contributed by atoms with Crippen LogP contribution < -0.4 is 10.5 Å². The summed E-state index contributed by atoms with van der Waals surface area (Å²) in [6.45, 7) is -2.15. The Kier molecular flexibility index (Phi) is 5.13. The highest BCUT2D eigenvalue weighted by Crippen LogP contribution is 2.27. The number of alkyl halides is 2. The zero-order valence-corrected chi connectivity index (χ0v) is 12.2. The molecule has 0 spiro atoms. The summed E-state index contributed by atoms with van der Waals surface area (Å²) >= 11 is 2.84. The summed E-state index contributed by atoms with van der Waals surface area (Å²) in [7, 11) is -4.21. The van der Waals surface area contributed by atoms with Gasteiger partial charge in [-0.2, -0.15) is 0 Å². The monoisotopic (exact) mass is 373 g/mol. The van der Waals surface area contributed by atoms with Crippen molar-refractivity contribution in [3.8, 4) is 0 Å². The number of halogens is 3. The minimum absolute atomic E-state index is 0.0732. The highest BCUT2D eigenvalue weighted by molar-refractivity contribution is 9.10. The molecule has 7 nitrogen and oxygen atoms in total. The lowest BCUT2D eigenvalue weighted by Gasteiger charge is -2.14. The SMILES string of the molecule is NCC(F)(F)CNS(=O)(=O)c1ccc([N+](=O)[O-])c(Br)c1. The molecule has 0 amide bonds. The van der Waals surface area contributed by atoms with Crippen LogP contribution in [0.5, 0.6) is 0 Å². The molecular formula is C9H10BrF2N3O4S. The maximum absolute atomic E-state index is 12.9. The largest absolute Gasteiger partial charge is 0.325 e. The van der Waals surface area contributed by atoms with E-state index < -0.39 is 34.0 Å². The summed E-state index contributed by atoms with van der Waals surface area (Å²) in [4.78, 5) is 9.49. The Balaban J connectivity index is 2.99. The number of nitrogens with two attached hydrogens (primary N) is 1. The molecule has 0 aromatic heterocycles. The number of hydrogen-bond acceptors (Lipinski definition) is 5. The molecule has 0 saturated carbocycles. The van der Waals surface area contributed by atoms with E-state index >= 15 is 0 Å². The Morgan fingerprint density at radius 1 is 1.45 bits per heavy atom. The quantitative estimate of drug-likeness (QED) is 0.574. The van der Waals surface area contributed by atoms with Crippen molar-refractivity contribution in [1.29, 1.82) is 0 Å². The molecule has 0 aliphatic heterocycles. The Hall–Kier alpha value is -1.17. The average Bonchev–Trinajstić information content (AvgIpc) is 2.36. The Labute approximate surface area is 121 Å². The molecule has 11 heteroatoms. The van der Waals surface area contributed by atoms with Crippen LogP contribution in [-0.2, 0) is 10.0 Å². The molecule has 0 unspecified atom stereocenters. The Bertz CT molecular complexity index is 624. The zero-order chi connectivity index (χ0) is 15.6. The summed E-state index contributed by atoms with van der Waals surface area (Å²) in [5.74, 6) is -3.37. The topological polar surface area (TPSA) is 115 Å². The van der Waals surface area contributed by atoms with Crippen LogP contribution in [0.15, 0.2) is 27.6 Å². The maximum Gasteiger partial charge on any atom is 0.283 e. The molecule has 0 aliphatic carbocycles. The molecule has 1 aromatic carbocycles. The third-order valence-corrected chi connectivity index (χ3v) is 4.28. The van der Waals surface area contributed by atoms with E-state index in [0.717, 1.165) is 18.2 Å². The number of rotatable bonds is 6. The molecule has 1 aromatic rings. The van der Waals surface area contributed by atoms with Crippen molar-refractivity contribution in [1.82, 2.24) is 4.72 Å². The Morgan fingerprint density at radius 2 is 2.05 bits per heavy atom. The molecular weight excluding hydrogens is 364 g/mol. The summed E-state index contributed by atoms with van der Waals surface area (Å²) in [6.07, 6.45) is 0. The van der Waals surface area contributed by atoms with E-state index in [2.05, 4.69) is 15.9 Å². The lowest BCUT2D eigenvalue weighted by molar-refractivity contribution is -0.385. The van der Waals surface area contributed by atoms with Crippen molar-refractivity contribution < 1.29 is 22.1 Å². The van der Waals surface area contributed by atoms with E-state index in [-0.39, 0.29) is 15.1 Å². The molecule has 112 valence electrons. The van der Waals surface area contributed by atoms with Gasteiger partial charge < -0.3 is 5.73 Å². The molecule has 0 radical (unpaired) electrons. The molecule has 3 N–H and O–H groups in total. The second-order valence-electron chi connectivity index (χ2n) is 3.75. The third-order valence-electron chi connectivity index (χ3n) is 2.25. The first kappa shape index (κ1) is 16.9.